The van der Waals surface area contributed by atoms with Crippen LogP contribution in [0.15, 0.2) is 54.6 Å². The fourth-order valence-corrected chi connectivity index (χ4v) is 4.14. The number of aliphatic carboxylic acids is 1. The molecule has 8 nitrogen and oxygen atoms in total. The van der Waals surface area contributed by atoms with Crippen molar-refractivity contribution >= 4 is 11.9 Å². The molecule has 0 radical (unpaired) electrons. The Bertz CT molecular complexity index is 1180. The van der Waals surface area contributed by atoms with Crippen LogP contribution in [0.2, 0.25) is 0 Å². The Morgan fingerprint density at radius 2 is 1.70 bits per heavy atom. The molecule has 0 aliphatic rings. The molecule has 0 fully saturated rings. The number of imidazole rings is 1. The number of carbonyl (C=O) groups excluding carboxylic acids is 1. The van der Waals surface area contributed by atoms with Crippen molar-refractivity contribution in [2.45, 2.75) is 64.3 Å². The van der Waals surface area contributed by atoms with Crippen LogP contribution < -0.4 is 34.9 Å². The number of rotatable bonds is 12. The molecule has 4 N–H and O–H groups in total. The monoisotopic (exact) mass is 521 g/mol. The summed E-state index contributed by atoms with van der Waals surface area (Å²) in [4.78, 5) is 28.6. The fraction of sp³-hybridized carbons (Fsp3) is 0.370. The molecule has 1 heterocycles. The second-order valence-electron chi connectivity index (χ2n) is 9.05. The second kappa shape index (κ2) is 14.4. The Morgan fingerprint density at radius 1 is 1.05 bits per heavy atom. The van der Waals surface area contributed by atoms with E-state index >= 15 is 0 Å². The Hall–Kier alpha value is -2.56. The predicted molar refractivity (Wildman–Crippen MR) is 134 cm³/mol. The molecular formula is C27H33FN3NaO5. The largest absolute Gasteiger partial charge is 1.00 e. The number of carboxylic acid groups (broad SMARTS) is 1. The van der Waals surface area contributed by atoms with Crippen molar-refractivity contribution in [1.29, 1.82) is 0 Å². The Balaban J connectivity index is 0.00000361. The molecule has 3 rings (SSSR count). The number of halogens is 1. The number of aliphatic hydroxyl groups is 2. The van der Waals surface area contributed by atoms with Gasteiger partial charge in [0.05, 0.1) is 24.3 Å². The molecule has 0 saturated carbocycles. The average molecular weight is 522 g/mol. The molecule has 0 spiro atoms. The Morgan fingerprint density at radius 3 is 2.30 bits per heavy atom. The quantitative estimate of drug-likeness (QED) is 0.262. The van der Waals surface area contributed by atoms with Crippen LogP contribution in [0.1, 0.15) is 62.5 Å². The van der Waals surface area contributed by atoms with E-state index in [0.717, 1.165) is 5.56 Å². The molecule has 0 aliphatic carbocycles. The number of hydrogen-bond acceptors (Lipinski definition) is 5. The summed E-state index contributed by atoms with van der Waals surface area (Å²) in [6.45, 7) is 4.16. The zero-order valence-electron chi connectivity index (χ0n) is 22.4. The summed E-state index contributed by atoms with van der Waals surface area (Å²) in [7, 11) is 0. The van der Waals surface area contributed by atoms with Crippen LogP contribution in [-0.2, 0) is 17.8 Å². The fourth-order valence-electron chi connectivity index (χ4n) is 4.14. The van der Waals surface area contributed by atoms with Gasteiger partial charge in [0.15, 0.2) is 5.82 Å². The number of amides is 1. The third kappa shape index (κ3) is 8.76. The number of benzene rings is 2. The van der Waals surface area contributed by atoms with Crippen LogP contribution >= 0.6 is 0 Å². The van der Waals surface area contributed by atoms with Gasteiger partial charge in [-0.1, -0.05) is 30.3 Å². The van der Waals surface area contributed by atoms with Crippen molar-refractivity contribution in [2.24, 2.45) is 0 Å². The zero-order chi connectivity index (χ0) is 26.2. The topological polar surface area (TPSA) is 125 Å². The maximum Gasteiger partial charge on any atom is 1.00 e. The van der Waals surface area contributed by atoms with Crippen molar-refractivity contribution in [3.05, 3.63) is 77.5 Å². The molecule has 0 unspecified atom stereocenters. The Kier molecular flexibility index (Phi) is 11.9. The summed E-state index contributed by atoms with van der Waals surface area (Å²) in [6, 6.07) is 15.2. The molecular weight excluding hydrogens is 488 g/mol. The summed E-state index contributed by atoms with van der Waals surface area (Å²) in [6.07, 6.45) is -2.12. The molecule has 10 heteroatoms. The van der Waals surface area contributed by atoms with E-state index in [1.807, 2.05) is 44.2 Å². The van der Waals surface area contributed by atoms with Crippen molar-refractivity contribution in [2.75, 3.05) is 0 Å². The standard InChI is InChI=1S/C27H32FN3O5.Na.H/c1-17(2)31-23(13-12-21(32)14-22(33)15-24(34)35)25(19-8-10-20(28)11-9-19)30-26(31)27(36)29-16-18-6-4-3-5-7-18;;/h3-11,17,21-22,32-33H,12-16H2,1-2H3,(H,29,36)(H,34,35);;/q;+1;-1/t21-,22-;;/m1../s1. The van der Waals surface area contributed by atoms with E-state index < -0.39 is 30.4 Å². The van der Waals surface area contributed by atoms with Crippen LogP contribution in [-0.4, -0.2) is 49.0 Å². The van der Waals surface area contributed by atoms with Gasteiger partial charge in [-0.2, -0.15) is 0 Å². The molecule has 2 aromatic carbocycles. The summed E-state index contributed by atoms with van der Waals surface area (Å²) in [5, 5.41) is 32.0. The van der Waals surface area contributed by atoms with E-state index in [0.29, 0.717) is 29.9 Å². The van der Waals surface area contributed by atoms with E-state index in [4.69, 9.17) is 5.11 Å². The Labute approximate surface area is 239 Å². The minimum absolute atomic E-state index is 0. The van der Waals surface area contributed by atoms with Crippen molar-refractivity contribution in [1.82, 2.24) is 14.9 Å². The third-order valence-corrected chi connectivity index (χ3v) is 5.81. The van der Waals surface area contributed by atoms with Crippen LogP contribution in [0.25, 0.3) is 11.3 Å². The zero-order valence-corrected chi connectivity index (χ0v) is 23.4. The smallest absolute Gasteiger partial charge is 1.00 e. The van der Waals surface area contributed by atoms with E-state index in [1.165, 1.54) is 12.1 Å². The second-order valence-corrected chi connectivity index (χ2v) is 9.05. The number of aliphatic hydroxyl groups excluding tert-OH is 2. The van der Waals surface area contributed by atoms with Gasteiger partial charge in [-0.05, 0) is 62.9 Å². The summed E-state index contributed by atoms with van der Waals surface area (Å²) in [5.74, 6) is -1.69. The summed E-state index contributed by atoms with van der Waals surface area (Å²) in [5.41, 5.74) is 2.76. The van der Waals surface area contributed by atoms with Gasteiger partial charge in [0.25, 0.3) is 5.91 Å². The summed E-state index contributed by atoms with van der Waals surface area (Å²) >= 11 is 0. The number of carboxylic acids is 1. The first kappa shape index (κ1) is 30.7. The van der Waals surface area contributed by atoms with Gasteiger partial charge in [0, 0.05) is 23.8 Å². The molecule has 2 atom stereocenters. The van der Waals surface area contributed by atoms with Crippen molar-refractivity contribution < 1.29 is 60.3 Å². The molecule has 194 valence electrons. The van der Waals surface area contributed by atoms with Crippen LogP contribution in [0, 0.1) is 5.82 Å². The number of nitrogens with zero attached hydrogens (tertiary/aromatic N) is 2. The van der Waals surface area contributed by atoms with Crippen LogP contribution in [0.3, 0.4) is 0 Å². The molecule has 0 saturated heterocycles. The molecule has 0 aliphatic heterocycles. The minimum Gasteiger partial charge on any atom is -1.00 e. The summed E-state index contributed by atoms with van der Waals surface area (Å²) < 4.78 is 15.4. The molecule has 0 bridgehead atoms. The van der Waals surface area contributed by atoms with Gasteiger partial charge in [-0.15, -0.1) is 0 Å². The molecule has 3 aromatic rings. The van der Waals surface area contributed by atoms with Gasteiger partial charge in [-0.25, -0.2) is 9.37 Å². The van der Waals surface area contributed by atoms with Crippen molar-refractivity contribution in [3.63, 3.8) is 0 Å². The maximum absolute atomic E-state index is 13.6. The van der Waals surface area contributed by atoms with E-state index in [1.54, 1.807) is 16.7 Å². The SMILES string of the molecule is CC(C)n1c(C(=O)NCc2ccccc2)nc(-c2ccc(F)cc2)c1CC[C@@H](O)C[C@@H](O)CC(=O)O.[H-].[Na+]. The van der Waals surface area contributed by atoms with Crippen molar-refractivity contribution in [3.8, 4) is 11.3 Å². The van der Waals surface area contributed by atoms with Crippen LogP contribution in [0.5, 0.6) is 0 Å². The van der Waals surface area contributed by atoms with Gasteiger partial charge in [-0.3, -0.25) is 9.59 Å². The van der Waals surface area contributed by atoms with Gasteiger partial charge < -0.3 is 26.6 Å². The normalized spacial score (nSPS) is 12.6. The number of carbonyl (C=O) groups is 2. The third-order valence-electron chi connectivity index (χ3n) is 5.81. The molecule has 1 amide bonds. The first-order valence-corrected chi connectivity index (χ1v) is 11.9. The first-order valence-electron chi connectivity index (χ1n) is 11.9. The van der Waals surface area contributed by atoms with E-state index in [-0.39, 0.29) is 61.6 Å². The number of aromatic nitrogens is 2. The van der Waals surface area contributed by atoms with Gasteiger partial charge >= 0.3 is 35.5 Å². The number of hydrogen-bond donors (Lipinski definition) is 4. The predicted octanol–water partition coefficient (Wildman–Crippen LogP) is 0.836. The molecule has 1 aromatic heterocycles. The molecule has 37 heavy (non-hydrogen) atoms. The van der Waals surface area contributed by atoms with E-state index in [9.17, 15) is 24.2 Å². The van der Waals surface area contributed by atoms with Gasteiger partial charge in [0.2, 0.25) is 0 Å². The average Bonchev–Trinajstić information content (AvgIpc) is 3.21. The maximum atomic E-state index is 13.6. The van der Waals surface area contributed by atoms with Crippen LogP contribution in [0.4, 0.5) is 4.39 Å². The first-order chi connectivity index (χ1) is 17.2. The van der Waals surface area contributed by atoms with Gasteiger partial charge in [0.1, 0.15) is 5.82 Å². The number of nitrogens with one attached hydrogen (secondary N) is 1. The minimum atomic E-state index is -1.16. The van der Waals surface area contributed by atoms with E-state index in [2.05, 4.69) is 10.3 Å².